The molecule has 3 aromatic rings. The molecule has 140 valence electrons. The van der Waals surface area contributed by atoms with Gasteiger partial charge in [0.25, 0.3) is 0 Å². The number of anilines is 1. The van der Waals surface area contributed by atoms with Gasteiger partial charge >= 0.3 is 6.03 Å². The van der Waals surface area contributed by atoms with E-state index in [-0.39, 0.29) is 17.9 Å². The molecule has 2 aromatic heterocycles. The Balaban J connectivity index is 1.46. The number of nitrogens with zero attached hydrogens (tertiary/aromatic N) is 6. The van der Waals surface area contributed by atoms with Crippen LogP contribution >= 0.6 is 0 Å². The molecule has 8 nitrogen and oxygen atoms in total. The number of benzene rings is 1. The summed E-state index contributed by atoms with van der Waals surface area (Å²) in [6, 6.07) is 4.39. The Kier molecular flexibility index (Phi) is 4.57. The molecule has 3 heterocycles. The third-order valence-corrected chi connectivity index (χ3v) is 4.81. The molecule has 2 amide bonds. The van der Waals surface area contributed by atoms with Gasteiger partial charge in [0.15, 0.2) is 0 Å². The predicted molar refractivity (Wildman–Crippen MR) is 97.5 cm³/mol. The molecule has 1 fully saturated rings. The van der Waals surface area contributed by atoms with Gasteiger partial charge in [-0.15, -0.1) is 5.10 Å². The van der Waals surface area contributed by atoms with Crippen LogP contribution < -0.4 is 5.32 Å². The first-order chi connectivity index (χ1) is 13.1. The molecule has 1 aromatic carbocycles. The van der Waals surface area contributed by atoms with Crippen molar-refractivity contribution in [2.45, 2.75) is 18.9 Å². The summed E-state index contributed by atoms with van der Waals surface area (Å²) in [6.07, 6.45) is 8.57. The monoisotopic (exact) mass is 369 g/mol. The van der Waals surface area contributed by atoms with Gasteiger partial charge in [-0.1, -0.05) is 5.21 Å². The van der Waals surface area contributed by atoms with E-state index in [1.807, 2.05) is 10.9 Å². The highest BCUT2D eigenvalue weighted by Crippen LogP contribution is 2.29. The highest BCUT2D eigenvalue weighted by atomic mass is 19.1. The summed E-state index contributed by atoms with van der Waals surface area (Å²) in [5.74, 6) is -0.361. The van der Waals surface area contributed by atoms with Gasteiger partial charge in [0, 0.05) is 43.7 Å². The number of likely N-dealkylation sites (tertiary alicyclic amines) is 1. The maximum atomic E-state index is 13.7. The second kappa shape index (κ2) is 7.18. The van der Waals surface area contributed by atoms with E-state index in [2.05, 4.69) is 20.7 Å². The van der Waals surface area contributed by atoms with Crippen LogP contribution in [0.15, 0.2) is 43.0 Å². The molecule has 27 heavy (non-hydrogen) atoms. The first kappa shape index (κ1) is 17.2. The van der Waals surface area contributed by atoms with Gasteiger partial charge in [-0.2, -0.15) is 5.10 Å². The standard InChI is InChI=1S/C18H20FN7O/c1-24-12-13(11-21-24)16-10-14(19)2-3-17(16)22-18(27)25-7-4-15(5-8-25)26-9-6-20-23-26/h2-3,6,9-12,15H,4-5,7-8H2,1H3,(H,22,27). The van der Waals surface area contributed by atoms with Gasteiger partial charge in [-0.3, -0.25) is 4.68 Å². The molecule has 0 atom stereocenters. The van der Waals surface area contributed by atoms with Crippen molar-refractivity contribution in [2.75, 3.05) is 18.4 Å². The van der Waals surface area contributed by atoms with Gasteiger partial charge in [-0.05, 0) is 31.0 Å². The van der Waals surface area contributed by atoms with E-state index in [4.69, 9.17) is 0 Å². The van der Waals surface area contributed by atoms with Crippen LogP contribution in [-0.2, 0) is 7.05 Å². The summed E-state index contributed by atoms with van der Waals surface area (Å²) in [5.41, 5.74) is 1.92. The maximum absolute atomic E-state index is 13.7. The van der Waals surface area contributed by atoms with Gasteiger partial charge in [-0.25, -0.2) is 13.9 Å². The number of halogens is 1. The van der Waals surface area contributed by atoms with Gasteiger partial charge in [0.05, 0.1) is 24.1 Å². The second-order valence-corrected chi connectivity index (χ2v) is 6.62. The Bertz CT molecular complexity index is 929. The lowest BCUT2D eigenvalue weighted by Gasteiger charge is -2.32. The van der Waals surface area contributed by atoms with Crippen LogP contribution in [0.3, 0.4) is 0 Å². The first-order valence-corrected chi connectivity index (χ1v) is 8.80. The number of aromatic nitrogens is 5. The number of hydrogen-bond donors (Lipinski definition) is 1. The van der Waals surface area contributed by atoms with Crippen LogP contribution in [0, 0.1) is 5.82 Å². The number of carbonyl (C=O) groups is 1. The molecular weight excluding hydrogens is 349 g/mol. The molecule has 1 aliphatic rings. The quantitative estimate of drug-likeness (QED) is 0.770. The zero-order valence-corrected chi connectivity index (χ0v) is 14.9. The summed E-state index contributed by atoms with van der Waals surface area (Å²) in [4.78, 5) is 14.5. The smallest absolute Gasteiger partial charge is 0.321 e. The van der Waals surface area contributed by atoms with Crippen LogP contribution in [0.25, 0.3) is 11.1 Å². The predicted octanol–water partition coefficient (Wildman–Crippen LogP) is 2.69. The van der Waals surface area contributed by atoms with Crippen molar-refractivity contribution in [1.29, 1.82) is 0 Å². The van der Waals surface area contributed by atoms with E-state index in [0.29, 0.717) is 24.3 Å². The number of nitrogens with one attached hydrogen (secondary N) is 1. The molecule has 0 bridgehead atoms. The molecule has 9 heteroatoms. The van der Waals surface area contributed by atoms with E-state index in [1.54, 1.807) is 41.3 Å². The highest BCUT2D eigenvalue weighted by Gasteiger charge is 2.25. The van der Waals surface area contributed by atoms with Crippen molar-refractivity contribution in [3.8, 4) is 11.1 Å². The molecule has 1 N–H and O–H groups in total. The number of aryl methyl sites for hydroxylation is 1. The van der Waals surface area contributed by atoms with Crippen molar-refractivity contribution >= 4 is 11.7 Å². The fraction of sp³-hybridized carbons (Fsp3) is 0.333. The van der Waals surface area contributed by atoms with Crippen molar-refractivity contribution in [1.82, 2.24) is 29.7 Å². The van der Waals surface area contributed by atoms with E-state index in [9.17, 15) is 9.18 Å². The zero-order valence-electron chi connectivity index (χ0n) is 14.9. The molecule has 4 rings (SSSR count). The summed E-state index contributed by atoms with van der Waals surface area (Å²) >= 11 is 0. The van der Waals surface area contributed by atoms with E-state index >= 15 is 0 Å². The lowest BCUT2D eigenvalue weighted by Crippen LogP contribution is -2.41. The number of amides is 2. The Morgan fingerprint density at radius 3 is 2.78 bits per heavy atom. The molecule has 0 unspecified atom stereocenters. The molecular formula is C18H20FN7O. The fourth-order valence-electron chi connectivity index (χ4n) is 3.36. The molecule has 0 spiro atoms. The SMILES string of the molecule is Cn1cc(-c2cc(F)ccc2NC(=O)N2CCC(n3ccnn3)CC2)cn1. The van der Waals surface area contributed by atoms with Gasteiger partial charge in [0.1, 0.15) is 5.82 Å². The first-order valence-electron chi connectivity index (χ1n) is 8.80. The van der Waals surface area contributed by atoms with E-state index < -0.39 is 0 Å². The highest BCUT2D eigenvalue weighted by molar-refractivity contribution is 5.94. The average molecular weight is 369 g/mol. The minimum Gasteiger partial charge on any atom is -0.324 e. The summed E-state index contributed by atoms with van der Waals surface area (Å²) in [5, 5.41) is 14.9. The number of urea groups is 1. The number of rotatable bonds is 3. The summed E-state index contributed by atoms with van der Waals surface area (Å²) < 4.78 is 17.2. The largest absolute Gasteiger partial charge is 0.324 e. The number of carbonyl (C=O) groups excluding carboxylic acids is 1. The molecule has 0 radical (unpaired) electrons. The van der Waals surface area contributed by atoms with Crippen LogP contribution in [0.1, 0.15) is 18.9 Å². The van der Waals surface area contributed by atoms with Crippen LogP contribution in [-0.4, -0.2) is 48.8 Å². The Morgan fingerprint density at radius 1 is 1.30 bits per heavy atom. The fourth-order valence-corrected chi connectivity index (χ4v) is 3.36. The van der Waals surface area contributed by atoms with Crippen LogP contribution in [0.5, 0.6) is 0 Å². The topological polar surface area (TPSA) is 80.9 Å². The lowest BCUT2D eigenvalue weighted by molar-refractivity contribution is 0.179. The maximum Gasteiger partial charge on any atom is 0.321 e. The molecule has 1 aliphatic heterocycles. The Morgan fingerprint density at radius 2 is 2.11 bits per heavy atom. The van der Waals surface area contributed by atoms with E-state index in [0.717, 1.165) is 18.4 Å². The van der Waals surface area contributed by atoms with Crippen molar-refractivity contribution in [3.05, 3.63) is 48.8 Å². The van der Waals surface area contributed by atoms with Crippen LogP contribution in [0.4, 0.5) is 14.9 Å². The minimum atomic E-state index is -0.361. The van der Waals surface area contributed by atoms with E-state index in [1.165, 1.54) is 12.1 Å². The lowest BCUT2D eigenvalue weighted by atomic mass is 10.1. The zero-order chi connectivity index (χ0) is 18.8. The van der Waals surface area contributed by atoms with Crippen LogP contribution in [0.2, 0.25) is 0 Å². The van der Waals surface area contributed by atoms with Gasteiger partial charge < -0.3 is 10.2 Å². The second-order valence-electron chi connectivity index (χ2n) is 6.62. The molecule has 0 saturated carbocycles. The van der Waals surface area contributed by atoms with Crippen molar-refractivity contribution < 1.29 is 9.18 Å². The number of hydrogen-bond acceptors (Lipinski definition) is 4. The summed E-state index contributed by atoms with van der Waals surface area (Å²) in [6.45, 7) is 1.25. The van der Waals surface area contributed by atoms with Crippen molar-refractivity contribution in [2.24, 2.45) is 7.05 Å². The summed E-state index contributed by atoms with van der Waals surface area (Å²) in [7, 11) is 1.79. The normalized spacial score (nSPS) is 15.1. The third-order valence-electron chi connectivity index (χ3n) is 4.81. The average Bonchev–Trinajstić information content (AvgIpc) is 3.35. The van der Waals surface area contributed by atoms with Gasteiger partial charge in [0.2, 0.25) is 0 Å². The molecule has 0 aliphatic carbocycles. The number of piperidine rings is 1. The third kappa shape index (κ3) is 3.67. The molecule has 1 saturated heterocycles. The van der Waals surface area contributed by atoms with Crippen molar-refractivity contribution in [3.63, 3.8) is 0 Å². The Labute approximate surface area is 155 Å². The minimum absolute atomic E-state index is 0.191. The Hall–Kier alpha value is -3.23.